The average Bonchev–Trinajstić information content (AvgIpc) is 2.87. The summed E-state index contributed by atoms with van der Waals surface area (Å²) in [6.07, 6.45) is 0.633. The number of rotatable bonds is 6. The van der Waals surface area contributed by atoms with Crippen molar-refractivity contribution in [3.8, 4) is 0 Å². The van der Waals surface area contributed by atoms with Gasteiger partial charge in [-0.1, -0.05) is 0 Å². The number of carboxylic acid groups (broad SMARTS) is 1. The lowest BCUT2D eigenvalue weighted by Crippen LogP contribution is -2.13. The summed E-state index contributed by atoms with van der Waals surface area (Å²) in [5.74, 6) is -1.45. The van der Waals surface area contributed by atoms with Crippen molar-refractivity contribution in [1.82, 2.24) is 4.98 Å². The molecule has 0 saturated heterocycles. The van der Waals surface area contributed by atoms with Gasteiger partial charge in [-0.3, -0.25) is 4.79 Å². The van der Waals surface area contributed by atoms with Gasteiger partial charge in [-0.05, 0) is 30.7 Å². The summed E-state index contributed by atoms with van der Waals surface area (Å²) >= 11 is 1.33. The molecule has 4 N–H and O–H groups in total. The third kappa shape index (κ3) is 3.79. The maximum Gasteiger partial charge on any atom is 0.355 e. The molecule has 0 unspecified atom stereocenters. The van der Waals surface area contributed by atoms with E-state index in [4.69, 9.17) is 10.8 Å². The quantitative estimate of drug-likeness (QED) is 0.756. The topological polar surface area (TPSA) is 105 Å². The molecule has 2 aromatic rings. The fourth-order valence-electron chi connectivity index (χ4n) is 1.89. The molecule has 2 rings (SSSR count). The van der Waals surface area contributed by atoms with Crippen molar-refractivity contribution in [2.45, 2.75) is 13.3 Å². The largest absolute Gasteiger partial charge is 0.476 e. The van der Waals surface area contributed by atoms with Gasteiger partial charge >= 0.3 is 5.97 Å². The standard InChI is InChI=1S/C14H15N3O3S/c1-8-6-9(2-3-10(8)13(15)18)16-5-4-12-17-11(7-21-12)14(19)20/h2-3,6-7,16H,4-5H2,1H3,(H2,15,18)(H,19,20). The van der Waals surface area contributed by atoms with Crippen LogP contribution in [0.4, 0.5) is 5.69 Å². The van der Waals surface area contributed by atoms with E-state index in [2.05, 4.69) is 10.3 Å². The molecule has 0 aliphatic heterocycles. The molecule has 0 aliphatic carbocycles. The molecule has 0 atom stereocenters. The Labute approximate surface area is 125 Å². The van der Waals surface area contributed by atoms with E-state index in [1.54, 1.807) is 12.1 Å². The fourth-order valence-corrected chi connectivity index (χ4v) is 2.66. The molecule has 110 valence electrons. The predicted molar refractivity (Wildman–Crippen MR) is 81.0 cm³/mol. The summed E-state index contributed by atoms with van der Waals surface area (Å²) in [6.45, 7) is 2.45. The number of carbonyl (C=O) groups is 2. The van der Waals surface area contributed by atoms with E-state index in [1.165, 1.54) is 16.7 Å². The number of benzene rings is 1. The highest BCUT2D eigenvalue weighted by atomic mass is 32.1. The molecule has 1 amide bonds. The molecular formula is C14H15N3O3S. The zero-order chi connectivity index (χ0) is 15.4. The van der Waals surface area contributed by atoms with Crippen LogP contribution in [0.25, 0.3) is 0 Å². The number of hydrogen-bond acceptors (Lipinski definition) is 5. The molecule has 0 fully saturated rings. The van der Waals surface area contributed by atoms with E-state index >= 15 is 0 Å². The van der Waals surface area contributed by atoms with Crippen molar-refractivity contribution in [2.75, 3.05) is 11.9 Å². The Balaban J connectivity index is 1.92. The minimum Gasteiger partial charge on any atom is -0.476 e. The first kappa shape index (κ1) is 15.0. The number of primary amides is 1. The molecule has 7 heteroatoms. The van der Waals surface area contributed by atoms with Gasteiger partial charge in [-0.25, -0.2) is 9.78 Å². The first-order valence-corrected chi connectivity index (χ1v) is 7.17. The highest BCUT2D eigenvalue weighted by molar-refractivity contribution is 7.09. The second-order valence-corrected chi connectivity index (χ2v) is 5.45. The van der Waals surface area contributed by atoms with Crippen LogP contribution in [0.15, 0.2) is 23.6 Å². The number of nitrogens with two attached hydrogens (primary N) is 1. The van der Waals surface area contributed by atoms with Gasteiger partial charge in [0.2, 0.25) is 5.91 Å². The summed E-state index contributed by atoms with van der Waals surface area (Å²) in [5.41, 5.74) is 7.54. The fraction of sp³-hybridized carbons (Fsp3) is 0.214. The highest BCUT2D eigenvalue weighted by Gasteiger charge is 2.08. The summed E-state index contributed by atoms with van der Waals surface area (Å²) in [5, 5.41) is 14.3. The number of nitrogens with zero attached hydrogens (tertiary/aromatic N) is 1. The Morgan fingerprint density at radius 3 is 2.76 bits per heavy atom. The summed E-state index contributed by atoms with van der Waals surface area (Å²) in [4.78, 5) is 25.9. The normalized spacial score (nSPS) is 10.3. The maximum atomic E-state index is 11.1. The molecule has 1 aromatic heterocycles. The predicted octanol–water partition coefficient (Wildman–Crippen LogP) is 1.90. The first-order valence-electron chi connectivity index (χ1n) is 6.29. The van der Waals surface area contributed by atoms with Crippen molar-refractivity contribution >= 4 is 28.9 Å². The van der Waals surface area contributed by atoms with Gasteiger partial charge in [0, 0.05) is 29.6 Å². The third-order valence-electron chi connectivity index (χ3n) is 2.93. The van der Waals surface area contributed by atoms with Crippen LogP contribution >= 0.6 is 11.3 Å². The Kier molecular flexibility index (Phi) is 4.54. The monoisotopic (exact) mass is 305 g/mol. The van der Waals surface area contributed by atoms with Crippen molar-refractivity contribution < 1.29 is 14.7 Å². The average molecular weight is 305 g/mol. The van der Waals surface area contributed by atoms with E-state index in [-0.39, 0.29) is 5.69 Å². The van der Waals surface area contributed by atoms with Crippen LogP contribution < -0.4 is 11.1 Å². The van der Waals surface area contributed by atoms with E-state index in [0.29, 0.717) is 18.5 Å². The van der Waals surface area contributed by atoms with Gasteiger partial charge in [-0.2, -0.15) is 0 Å². The number of thiazole rings is 1. The number of amides is 1. The number of anilines is 1. The lowest BCUT2D eigenvalue weighted by Gasteiger charge is -2.08. The lowest BCUT2D eigenvalue weighted by molar-refractivity contribution is 0.0691. The number of aromatic carboxylic acids is 1. The molecule has 1 heterocycles. The molecule has 0 aliphatic rings. The molecule has 1 aromatic carbocycles. The van der Waals surface area contributed by atoms with Gasteiger partial charge < -0.3 is 16.2 Å². The van der Waals surface area contributed by atoms with Gasteiger partial charge in [-0.15, -0.1) is 11.3 Å². The van der Waals surface area contributed by atoms with E-state index in [1.807, 2.05) is 13.0 Å². The van der Waals surface area contributed by atoms with Crippen LogP contribution in [0, 0.1) is 6.92 Å². The molecule has 21 heavy (non-hydrogen) atoms. The molecular weight excluding hydrogens is 290 g/mol. The van der Waals surface area contributed by atoms with Crippen LogP contribution in [0.2, 0.25) is 0 Å². The van der Waals surface area contributed by atoms with Gasteiger partial charge in [0.05, 0.1) is 5.01 Å². The lowest BCUT2D eigenvalue weighted by atomic mass is 10.1. The zero-order valence-corrected chi connectivity index (χ0v) is 12.2. The van der Waals surface area contributed by atoms with Crippen LogP contribution in [-0.2, 0) is 6.42 Å². The molecule has 0 saturated carbocycles. The summed E-state index contributed by atoms with van der Waals surface area (Å²) in [6, 6.07) is 5.33. The number of carbonyl (C=O) groups excluding carboxylic acids is 1. The highest BCUT2D eigenvalue weighted by Crippen LogP contribution is 2.15. The van der Waals surface area contributed by atoms with Gasteiger partial charge in [0.15, 0.2) is 5.69 Å². The Morgan fingerprint density at radius 1 is 1.43 bits per heavy atom. The van der Waals surface area contributed by atoms with E-state index in [9.17, 15) is 9.59 Å². The zero-order valence-electron chi connectivity index (χ0n) is 11.4. The molecule has 6 nitrogen and oxygen atoms in total. The van der Waals surface area contributed by atoms with Crippen LogP contribution in [-0.4, -0.2) is 28.5 Å². The second-order valence-electron chi connectivity index (χ2n) is 4.50. The van der Waals surface area contributed by atoms with E-state index < -0.39 is 11.9 Å². The smallest absolute Gasteiger partial charge is 0.355 e. The third-order valence-corrected chi connectivity index (χ3v) is 3.84. The number of aromatic nitrogens is 1. The molecule has 0 bridgehead atoms. The summed E-state index contributed by atoms with van der Waals surface area (Å²) < 4.78 is 0. The molecule has 0 radical (unpaired) electrons. The maximum absolute atomic E-state index is 11.1. The van der Waals surface area contributed by atoms with Crippen LogP contribution in [0.1, 0.15) is 31.4 Å². The van der Waals surface area contributed by atoms with Gasteiger partial charge in [0.25, 0.3) is 0 Å². The van der Waals surface area contributed by atoms with Crippen LogP contribution in [0.5, 0.6) is 0 Å². The minimum absolute atomic E-state index is 0.0802. The SMILES string of the molecule is Cc1cc(NCCc2nc(C(=O)O)cs2)ccc1C(N)=O. The van der Waals surface area contributed by atoms with Crippen molar-refractivity contribution in [3.05, 3.63) is 45.4 Å². The Morgan fingerprint density at radius 2 is 2.19 bits per heavy atom. The Bertz CT molecular complexity index is 682. The van der Waals surface area contributed by atoms with Crippen molar-refractivity contribution in [2.24, 2.45) is 5.73 Å². The number of hydrogen-bond donors (Lipinski definition) is 3. The van der Waals surface area contributed by atoms with Crippen molar-refractivity contribution in [3.63, 3.8) is 0 Å². The van der Waals surface area contributed by atoms with Crippen LogP contribution in [0.3, 0.4) is 0 Å². The number of carboxylic acids is 1. The Hall–Kier alpha value is -2.41. The second kappa shape index (κ2) is 6.36. The molecule has 0 spiro atoms. The minimum atomic E-state index is -1.01. The summed E-state index contributed by atoms with van der Waals surface area (Å²) in [7, 11) is 0. The first-order chi connectivity index (χ1) is 9.97. The number of nitrogens with one attached hydrogen (secondary N) is 1. The van der Waals surface area contributed by atoms with E-state index in [0.717, 1.165) is 16.3 Å². The van der Waals surface area contributed by atoms with Crippen molar-refractivity contribution in [1.29, 1.82) is 0 Å². The number of aryl methyl sites for hydroxylation is 1. The van der Waals surface area contributed by atoms with Gasteiger partial charge in [0.1, 0.15) is 0 Å².